The average molecular weight is 305 g/mol. The van der Waals surface area contributed by atoms with Gasteiger partial charge >= 0.3 is 5.63 Å². The molecule has 3 aromatic rings. The summed E-state index contributed by atoms with van der Waals surface area (Å²) < 4.78 is 5.05. The van der Waals surface area contributed by atoms with Gasteiger partial charge in [0.05, 0.1) is 0 Å². The van der Waals surface area contributed by atoms with Crippen LogP contribution >= 0.6 is 0 Å². The molecule has 1 amide bonds. The number of anilines is 1. The van der Waals surface area contributed by atoms with Crippen LogP contribution in [0.2, 0.25) is 0 Å². The molecule has 4 heteroatoms. The lowest BCUT2D eigenvalue weighted by molar-refractivity contribution is -0.111. The zero-order valence-electron chi connectivity index (χ0n) is 12.6. The Balaban J connectivity index is 1.73. The molecule has 0 spiro atoms. The zero-order chi connectivity index (χ0) is 16.2. The van der Waals surface area contributed by atoms with Crippen LogP contribution in [-0.4, -0.2) is 5.91 Å². The van der Waals surface area contributed by atoms with Gasteiger partial charge in [-0.1, -0.05) is 29.8 Å². The van der Waals surface area contributed by atoms with Gasteiger partial charge in [0.25, 0.3) is 0 Å². The van der Waals surface area contributed by atoms with Crippen molar-refractivity contribution in [3.05, 3.63) is 82.2 Å². The molecule has 0 saturated heterocycles. The van der Waals surface area contributed by atoms with Crippen LogP contribution < -0.4 is 10.9 Å². The third-order valence-corrected chi connectivity index (χ3v) is 3.39. The molecule has 1 heterocycles. The maximum Gasteiger partial charge on any atom is 0.336 e. The first-order chi connectivity index (χ1) is 11.1. The van der Waals surface area contributed by atoms with Gasteiger partial charge < -0.3 is 9.73 Å². The molecule has 1 aromatic heterocycles. The van der Waals surface area contributed by atoms with Gasteiger partial charge in [0.1, 0.15) is 5.58 Å². The topological polar surface area (TPSA) is 59.3 Å². The Morgan fingerprint density at radius 1 is 1.04 bits per heavy atom. The molecule has 0 aliphatic carbocycles. The fourth-order valence-electron chi connectivity index (χ4n) is 2.18. The lowest BCUT2D eigenvalue weighted by Gasteiger charge is -2.03. The van der Waals surface area contributed by atoms with E-state index in [-0.39, 0.29) is 5.91 Å². The Labute approximate surface area is 133 Å². The van der Waals surface area contributed by atoms with Crippen molar-refractivity contribution in [1.29, 1.82) is 0 Å². The maximum atomic E-state index is 12.0. The Bertz CT molecular complexity index is 937. The standard InChI is InChI=1S/C19H15NO3/c1-13-2-4-14(5-3-13)6-10-18(21)20-16-8-9-17-15(12-16)7-11-19(22)23-17/h2-12H,1H3,(H,20,21). The summed E-state index contributed by atoms with van der Waals surface area (Å²) in [6.45, 7) is 2.02. The predicted molar refractivity (Wildman–Crippen MR) is 91.3 cm³/mol. The molecule has 0 fully saturated rings. The predicted octanol–water partition coefficient (Wildman–Crippen LogP) is 3.75. The summed E-state index contributed by atoms with van der Waals surface area (Å²) in [5.74, 6) is -0.220. The van der Waals surface area contributed by atoms with E-state index in [4.69, 9.17) is 4.42 Å². The van der Waals surface area contributed by atoms with Crippen molar-refractivity contribution in [3.8, 4) is 0 Å². The van der Waals surface area contributed by atoms with E-state index < -0.39 is 5.63 Å². The molecule has 23 heavy (non-hydrogen) atoms. The first-order valence-electron chi connectivity index (χ1n) is 7.20. The highest BCUT2D eigenvalue weighted by Gasteiger charge is 2.01. The van der Waals surface area contributed by atoms with Gasteiger partial charge in [-0.15, -0.1) is 0 Å². The smallest absolute Gasteiger partial charge is 0.336 e. The second-order valence-corrected chi connectivity index (χ2v) is 5.24. The molecule has 0 radical (unpaired) electrons. The fraction of sp³-hybridized carbons (Fsp3) is 0.0526. The summed E-state index contributed by atoms with van der Waals surface area (Å²) in [5, 5.41) is 3.54. The number of hydrogen-bond acceptors (Lipinski definition) is 3. The Kier molecular flexibility index (Phi) is 4.06. The molecule has 114 valence electrons. The van der Waals surface area contributed by atoms with E-state index in [9.17, 15) is 9.59 Å². The quantitative estimate of drug-likeness (QED) is 0.592. The van der Waals surface area contributed by atoms with Crippen molar-refractivity contribution in [2.24, 2.45) is 0 Å². The van der Waals surface area contributed by atoms with Crippen LogP contribution in [-0.2, 0) is 4.79 Å². The fourth-order valence-corrected chi connectivity index (χ4v) is 2.18. The van der Waals surface area contributed by atoms with E-state index in [2.05, 4.69) is 5.32 Å². The second kappa shape index (κ2) is 6.32. The molecule has 0 aliphatic rings. The van der Waals surface area contributed by atoms with Gasteiger partial charge in [-0.2, -0.15) is 0 Å². The number of aryl methyl sites for hydroxylation is 1. The van der Waals surface area contributed by atoms with Gasteiger partial charge in [0, 0.05) is 23.2 Å². The van der Waals surface area contributed by atoms with Crippen LogP contribution in [0.15, 0.2) is 69.9 Å². The molecular formula is C19H15NO3. The van der Waals surface area contributed by atoms with Crippen LogP contribution in [0, 0.1) is 6.92 Å². The van der Waals surface area contributed by atoms with Crippen molar-refractivity contribution in [2.45, 2.75) is 6.92 Å². The summed E-state index contributed by atoms with van der Waals surface area (Å²) in [5.41, 5.74) is 2.88. The van der Waals surface area contributed by atoms with Crippen molar-refractivity contribution < 1.29 is 9.21 Å². The summed E-state index contributed by atoms with van der Waals surface area (Å²) in [6, 6.07) is 16.0. The van der Waals surface area contributed by atoms with E-state index >= 15 is 0 Å². The number of benzene rings is 2. The van der Waals surface area contributed by atoms with E-state index in [1.54, 1.807) is 30.3 Å². The number of rotatable bonds is 3. The zero-order valence-corrected chi connectivity index (χ0v) is 12.6. The van der Waals surface area contributed by atoms with Crippen LogP contribution in [0.3, 0.4) is 0 Å². The molecular weight excluding hydrogens is 290 g/mol. The molecule has 0 saturated carbocycles. The van der Waals surface area contributed by atoms with Crippen molar-refractivity contribution in [3.63, 3.8) is 0 Å². The van der Waals surface area contributed by atoms with E-state index in [0.29, 0.717) is 11.3 Å². The minimum absolute atomic E-state index is 0.220. The molecule has 0 atom stereocenters. The molecule has 0 bridgehead atoms. The van der Waals surface area contributed by atoms with Crippen LogP contribution in [0.5, 0.6) is 0 Å². The number of amides is 1. The van der Waals surface area contributed by atoms with Gasteiger partial charge in [0.2, 0.25) is 5.91 Å². The number of nitrogens with one attached hydrogen (secondary N) is 1. The highest BCUT2D eigenvalue weighted by atomic mass is 16.4. The van der Waals surface area contributed by atoms with Gasteiger partial charge in [-0.3, -0.25) is 4.79 Å². The van der Waals surface area contributed by atoms with Crippen molar-refractivity contribution in [1.82, 2.24) is 0 Å². The van der Waals surface area contributed by atoms with E-state index in [0.717, 1.165) is 10.9 Å². The third-order valence-electron chi connectivity index (χ3n) is 3.39. The summed E-state index contributed by atoms with van der Waals surface area (Å²) in [6.07, 6.45) is 3.24. The Morgan fingerprint density at radius 3 is 2.61 bits per heavy atom. The molecule has 2 aromatic carbocycles. The third kappa shape index (κ3) is 3.74. The van der Waals surface area contributed by atoms with Crippen molar-refractivity contribution >= 4 is 28.6 Å². The number of carbonyl (C=O) groups excluding carboxylic acids is 1. The highest BCUT2D eigenvalue weighted by Crippen LogP contribution is 2.17. The Morgan fingerprint density at radius 2 is 1.83 bits per heavy atom. The number of hydrogen-bond donors (Lipinski definition) is 1. The minimum Gasteiger partial charge on any atom is -0.423 e. The van der Waals surface area contributed by atoms with Crippen LogP contribution in [0.25, 0.3) is 17.0 Å². The van der Waals surface area contributed by atoms with Gasteiger partial charge in [-0.05, 0) is 42.8 Å². The largest absolute Gasteiger partial charge is 0.423 e. The molecule has 0 aliphatic heterocycles. The monoisotopic (exact) mass is 305 g/mol. The van der Waals surface area contributed by atoms with Gasteiger partial charge in [-0.25, -0.2) is 4.79 Å². The van der Waals surface area contributed by atoms with Gasteiger partial charge in [0.15, 0.2) is 0 Å². The highest BCUT2D eigenvalue weighted by molar-refractivity contribution is 6.02. The summed E-state index contributed by atoms with van der Waals surface area (Å²) in [4.78, 5) is 23.1. The van der Waals surface area contributed by atoms with E-state index in [1.807, 2.05) is 31.2 Å². The summed E-state index contributed by atoms with van der Waals surface area (Å²) >= 11 is 0. The second-order valence-electron chi connectivity index (χ2n) is 5.24. The minimum atomic E-state index is -0.393. The lowest BCUT2D eigenvalue weighted by Crippen LogP contribution is -2.07. The normalized spacial score (nSPS) is 11.0. The molecule has 3 rings (SSSR count). The summed E-state index contributed by atoms with van der Waals surface area (Å²) in [7, 11) is 0. The maximum absolute atomic E-state index is 12.0. The first kappa shape index (κ1) is 14.8. The van der Waals surface area contributed by atoms with Crippen LogP contribution in [0.1, 0.15) is 11.1 Å². The molecule has 0 unspecified atom stereocenters. The number of fused-ring (bicyclic) bond motifs is 1. The SMILES string of the molecule is Cc1ccc(C=CC(=O)Nc2ccc3oc(=O)ccc3c2)cc1. The number of carbonyl (C=O) groups is 1. The molecule has 4 nitrogen and oxygen atoms in total. The van der Waals surface area contributed by atoms with Crippen LogP contribution in [0.4, 0.5) is 5.69 Å². The Hall–Kier alpha value is -3.14. The lowest BCUT2D eigenvalue weighted by atomic mass is 10.1. The van der Waals surface area contributed by atoms with E-state index in [1.165, 1.54) is 17.7 Å². The molecule has 1 N–H and O–H groups in total. The first-order valence-corrected chi connectivity index (χ1v) is 7.20. The average Bonchev–Trinajstić information content (AvgIpc) is 2.54. The van der Waals surface area contributed by atoms with Crippen molar-refractivity contribution in [2.75, 3.05) is 5.32 Å².